The Morgan fingerprint density at radius 1 is 1.35 bits per heavy atom. The maximum absolute atomic E-state index is 13.4. The predicted molar refractivity (Wildman–Crippen MR) is 73.3 cm³/mol. The molecule has 1 heterocycles. The van der Waals surface area contributed by atoms with Gasteiger partial charge in [0.2, 0.25) is 5.91 Å². The molecule has 0 aliphatic carbocycles. The normalized spacial score (nSPS) is 19.9. The highest BCUT2D eigenvalue weighted by Gasteiger charge is 2.23. The van der Waals surface area contributed by atoms with Crippen LogP contribution < -0.4 is 11.1 Å². The molecule has 110 valence electrons. The number of para-hydroxylation sites is 1. The van der Waals surface area contributed by atoms with Gasteiger partial charge >= 0.3 is 0 Å². The smallest absolute Gasteiger partial charge is 0.238 e. The maximum Gasteiger partial charge on any atom is 0.238 e. The summed E-state index contributed by atoms with van der Waals surface area (Å²) in [4.78, 5) is 13.9. The van der Waals surface area contributed by atoms with Crippen molar-refractivity contribution in [3.63, 3.8) is 0 Å². The van der Waals surface area contributed by atoms with Crippen LogP contribution in [0.25, 0.3) is 0 Å². The van der Waals surface area contributed by atoms with E-state index >= 15 is 0 Å². The Hall–Kier alpha value is -1.53. The zero-order valence-electron chi connectivity index (χ0n) is 11.2. The highest BCUT2D eigenvalue weighted by molar-refractivity contribution is 5.92. The van der Waals surface area contributed by atoms with Crippen molar-refractivity contribution < 1.29 is 13.6 Å². The van der Waals surface area contributed by atoms with Crippen LogP contribution in [0.3, 0.4) is 0 Å². The van der Waals surface area contributed by atoms with Crippen LogP contribution in [-0.2, 0) is 4.79 Å². The van der Waals surface area contributed by atoms with Crippen LogP contribution in [0, 0.1) is 11.6 Å². The number of benzene rings is 1. The van der Waals surface area contributed by atoms with Crippen molar-refractivity contribution in [3.05, 3.63) is 29.8 Å². The van der Waals surface area contributed by atoms with Gasteiger partial charge < -0.3 is 11.1 Å². The molecule has 0 radical (unpaired) electrons. The summed E-state index contributed by atoms with van der Waals surface area (Å²) in [7, 11) is 0. The molecule has 0 saturated carbocycles. The van der Waals surface area contributed by atoms with E-state index in [0.29, 0.717) is 6.54 Å². The van der Waals surface area contributed by atoms with Crippen molar-refractivity contribution >= 4 is 11.6 Å². The molecule has 1 aromatic carbocycles. The highest BCUT2D eigenvalue weighted by Crippen LogP contribution is 2.19. The highest BCUT2D eigenvalue weighted by atomic mass is 19.1. The van der Waals surface area contributed by atoms with Crippen LogP contribution in [0.4, 0.5) is 14.5 Å². The molecule has 2 rings (SSSR count). The van der Waals surface area contributed by atoms with Crippen LogP contribution in [0.15, 0.2) is 18.2 Å². The van der Waals surface area contributed by atoms with Gasteiger partial charge in [-0.1, -0.05) is 12.5 Å². The van der Waals surface area contributed by atoms with Crippen molar-refractivity contribution in [2.24, 2.45) is 5.73 Å². The molecule has 1 aliphatic rings. The van der Waals surface area contributed by atoms with Crippen molar-refractivity contribution in [1.82, 2.24) is 4.90 Å². The third-order valence-corrected chi connectivity index (χ3v) is 3.60. The molecule has 20 heavy (non-hydrogen) atoms. The molecule has 0 spiro atoms. The van der Waals surface area contributed by atoms with Crippen LogP contribution in [0.5, 0.6) is 0 Å². The fourth-order valence-electron chi connectivity index (χ4n) is 2.52. The quantitative estimate of drug-likeness (QED) is 0.884. The second-order valence-corrected chi connectivity index (χ2v) is 5.00. The van der Waals surface area contributed by atoms with Gasteiger partial charge in [-0.25, -0.2) is 8.78 Å². The van der Waals surface area contributed by atoms with E-state index in [1.165, 1.54) is 6.07 Å². The standard InChI is InChI=1S/C14H19F2N3O/c15-11-5-3-6-12(16)14(11)18-13(20)9-19-7-2-1-4-10(19)8-17/h3,5-6,10H,1-2,4,7-9,17H2,(H,18,20). The van der Waals surface area contributed by atoms with Gasteiger partial charge in [-0.2, -0.15) is 0 Å². The summed E-state index contributed by atoms with van der Waals surface area (Å²) in [6.07, 6.45) is 3.07. The molecular formula is C14H19F2N3O. The number of anilines is 1. The number of carbonyl (C=O) groups is 1. The van der Waals surface area contributed by atoms with E-state index in [4.69, 9.17) is 5.73 Å². The summed E-state index contributed by atoms with van der Waals surface area (Å²) in [5.74, 6) is -1.96. The van der Waals surface area contributed by atoms with Crippen molar-refractivity contribution in [3.8, 4) is 0 Å². The molecule has 1 atom stereocenters. The van der Waals surface area contributed by atoms with E-state index in [2.05, 4.69) is 5.32 Å². The molecule has 1 fully saturated rings. The minimum Gasteiger partial charge on any atom is -0.329 e. The van der Waals surface area contributed by atoms with Gasteiger partial charge in [-0.3, -0.25) is 9.69 Å². The lowest BCUT2D eigenvalue weighted by molar-refractivity contribution is -0.118. The van der Waals surface area contributed by atoms with E-state index in [9.17, 15) is 13.6 Å². The number of carbonyl (C=O) groups excluding carboxylic acids is 1. The second kappa shape index (κ2) is 6.76. The third-order valence-electron chi connectivity index (χ3n) is 3.60. The van der Waals surface area contributed by atoms with Gasteiger partial charge in [0.25, 0.3) is 0 Å². The lowest BCUT2D eigenvalue weighted by Crippen LogP contribution is -2.47. The molecule has 0 bridgehead atoms. The number of hydrogen-bond donors (Lipinski definition) is 2. The molecule has 6 heteroatoms. The first-order valence-electron chi connectivity index (χ1n) is 6.80. The Morgan fingerprint density at radius 2 is 2.05 bits per heavy atom. The summed E-state index contributed by atoms with van der Waals surface area (Å²) < 4.78 is 26.9. The molecule has 0 aromatic heterocycles. The van der Waals surface area contributed by atoms with Crippen LogP contribution in [0.1, 0.15) is 19.3 Å². The Balaban J connectivity index is 1.98. The van der Waals surface area contributed by atoms with E-state index in [1.54, 1.807) is 0 Å². The zero-order chi connectivity index (χ0) is 14.5. The van der Waals surface area contributed by atoms with Gasteiger partial charge in [0.15, 0.2) is 0 Å². The number of amides is 1. The second-order valence-electron chi connectivity index (χ2n) is 5.00. The van der Waals surface area contributed by atoms with Crippen LogP contribution in [-0.4, -0.2) is 36.5 Å². The van der Waals surface area contributed by atoms with E-state index in [-0.39, 0.29) is 18.3 Å². The molecule has 1 aromatic rings. The van der Waals surface area contributed by atoms with Gasteiger partial charge in [0, 0.05) is 12.6 Å². The number of nitrogens with two attached hydrogens (primary N) is 1. The number of likely N-dealkylation sites (tertiary alicyclic amines) is 1. The summed E-state index contributed by atoms with van der Waals surface area (Å²) >= 11 is 0. The maximum atomic E-state index is 13.4. The minimum absolute atomic E-state index is 0.107. The molecule has 1 unspecified atom stereocenters. The minimum atomic E-state index is -0.771. The van der Waals surface area contributed by atoms with E-state index in [1.807, 2.05) is 4.90 Å². The Labute approximate surface area is 116 Å². The third kappa shape index (κ3) is 3.52. The monoisotopic (exact) mass is 283 g/mol. The number of halogens is 2. The number of hydrogen-bond acceptors (Lipinski definition) is 3. The van der Waals surface area contributed by atoms with E-state index in [0.717, 1.165) is 37.9 Å². The summed E-state index contributed by atoms with van der Waals surface area (Å²) in [5.41, 5.74) is 5.29. The number of nitrogens with zero attached hydrogens (tertiary/aromatic N) is 1. The molecule has 4 nitrogen and oxygen atoms in total. The van der Waals surface area contributed by atoms with Crippen LogP contribution in [0.2, 0.25) is 0 Å². The van der Waals surface area contributed by atoms with Crippen molar-refractivity contribution in [2.45, 2.75) is 25.3 Å². The van der Waals surface area contributed by atoms with Gasteiger partial charge in [-0.05, 0) is 31.5 Å². The number of nitrogens with one attached hydrogen (secondary N) is 1. The average Bonchev–Trinajstić information content (AvgIpc) is 2.44. The van der Waals surface area contributed by atoms with Gasteiger partial charge in [0.05, 0.1) is 6.54 Å². The van der Waals surface area contributed by atoms with Crippen LogP contribution >= 0.6 is 0 Å². The fraction of sp³-hybridized carbons (Fsp3) is 0.500. The Bertz CT molecular complexity index is 461. The Morgan fingerprint density at radius 3 is 2.70 bits per heavy atom. The Kier molecular flexibility index (Phi) is 5.03. The lowest BCUT2D eigenvalue weighted by atomic mass is 10.0. The lowest BCUT2D eigenvalue weighted by Gasteiger charge is -2.34. The molecule has 1 saturated heterocycles. The largest absolute Gasteiger partial charge is 0.329 e. The summed E-state index contributed by atoms with van der Waals surface area (Å²) in [5, 5.41) is 2.30. The fourth-order valence-corrected chi connectivity index (χ4v) is 2.52. The average molecular weight is 283 g/mol. The molecular weight excluding hydrogens is 264 g/mol. The molecule has 3 N–H and O–H groups in total. The van der Waals surface area contributed by atoms with Gasteiger partial charge in [0.1, 0.15) is 17.3 Å². The first kappa shape index (κ1) is 14.9. The van der Waals surface area contributed by atoms with Crippen molar-refractivity contribution in [2.75, 3.05) is 25.0 Å². The molecule has 1 aliphatic heterocycles. The zero-order valence-corrected chi connectivity index (χ0v) is 11.2. The first-order chi connectivity index (χ1) is 9.61. The van der Waals surface area contributed by atoms with E-state index < -0.39 is 17.5 Å². The molecule has 1 amide bonds. The first-order valence-corrected chi connectivity index (χ1v) is 6.80. The summed E-state index contributed by atoms with van der Waals surface area (Å²) in [6, 6.07) is 3.65. The number of piperidine rings is 1. The number of rotatable bonds is 4. The summed E-state index contributed by atoms with van der Waals surface area (Å²) in [6.45, 7) is 1.38. The predicted octanol–water partition coefficient (Wildman–Crippen LogP) is 1.72. The SMILES string of the molecule is NCC1CCCCN1CC(=O)Nc1c(F)cccc1F. The van der Waals surface area contributed by atoms with Crippen molar-refractivity contribution in [1.29, 1.82) is 0 Å². The van der Waals surface area contributed by atoms with Gasteiger partial charge in [-0.15, -0.1) is 0 Å². The topological polar surface area (TPSA) is 58.4 Å².